The maximum Gasteiger partial charge on any atom is 0.229 e. The largest absolute Gasteiger partial charge is 0.377 e. The van der Waals surface area contributed by atoms with Gasteiger partial charge in [-0.1, -0.05) is 0 Å². The van der Waals surface area contributed by atoms with Gasteiger partial charge in [0.1, 0.15) is 5.82 Å². The van der Waals surface area contributed by atoms with Gasteiger partial charge in [-0.3, -0.25) is 9.82 Å². The predicted molar refractivity (Wildman–Crippen MR) is 75.5 cm³/mol. The van der Waals surface area contributed by atoms with Crippen molar-refractivity contribution in [3.63, 3.8) is 0 Å². The van der Waals surface area contributed by atoms with Crippen LogP contribution in [0.5, 0.6) is 0 Å². The molecular formula is C12H15FN4O2S. The SMILES string of the molecule is CC(Nc1ccc(F)c(NS(C)(=O)=O)c1)c1ccn[nH]1. The minimum atomic E-state index is -3.52. The van der Waals surface area contributed by atoms with Crippen LogP contribution in [0, 0.1) is 5.82 Å². The number of aromatic amines is 1. The number of rotatable bonds is 5. The lowest BCUT2D eigenvalue weighted by atomic mass is 10.2. The summed E-state index contributed by atoms with van der Waals surface area (Å²) in [5, 5.41) is 9.80. The first kappa shape index (κ1) is 14.3. The molecule has 0 saturated carbocycles. The van der Waals surface area contributed by atoms with Crippen LogP contribution in [0.3, 0.4) is 0 Å². The number of aromatic nitrogens is 2. The maximum atomic E-state index is 13.5. The molecule has 3 N–H and O–H groups in total. The van der Waals surface area contributed by atoms with Crippen molar-refractivity contribution < 1.29 is 12.8 Å². The van der Waals surface area contributed by atoms with Crippen molar-refractivity contribution >= 4 is 21.4 Å². The van der Waals surface area contributed by atoms with Gasteiger partial charge in [-0.15, -0.1) is 0 Å². The Morgan fingerprint density at radius 1 is 1.35 bits per heavy atom. The molecule has 1 aromatic heterocycles. The Bertz CT molecular complexity index is 685. The van der Waals surface area contributed by atoms with Gasteiger partial charge in [0.05, 0.1) is 23.7 Å². The van der Waals surface area contributed by atoms with Crippen LogP contribution in [0.1, 0.15) is 18.7 Å². The van der Waals surface area contributed by atoms with Gasteiger partial charge in [0.25, 0.3) is 0 Å². The number of halogens is 1. The van der Waals surface area contributed by atoms with Crippen LogP contribution in [0.2, 0.25) is 0 Å². The summed E-state index contributed by atoms with van der Waals surface area (Å²) in [6.45, 7) is 1.90. The molecule has 6 nitrogen and oxygen atoms in total. The van der Waals surface area contributed by atoms with Crippen LogP contribution < -0.4 is 10.0 Å². The van der Waals surface area contributed by atoms with E-state index in [4.69, 9.17) is 0 Å². The van der Waals surface area contributed by atoms with E-state index >= 15 is 0 Å². The fraction of sp³-hybridized carbons (Fsp3) is 0.250. The quantitative estimate of drug-likeness (QED) is 0.789. The molecule has 0 aliphatic heterocycles. The summed E-state index contributed by atoms with van der Waals surface area (Å²) in [7, 11) is -3.52. The minimum Gasteiger partial charge on any atom is -0.377 e. The molecule has 20 heavy (non-hydrogen) atoms. The van der Waals surface area contributed by atoms with Crippen molar-refractivity contribution in [3.05, 3.63) is 42.0 Å². The monoisotopic (exact) mass is 298 g/mol. The van der Waals surface area contributed by atoms with Crippen LogP contribution in [0.15, 0.2) is 30.5 Å². The smallest absolute Gasteiger partial charge is 0.229 e. The lowest BCUT2D eigenvalue weighted by Crippen LogP contribution is -2.12. The van der Waals surface area contributed by atoms with Crippen LogP contribution in [-0.4, -0.2) is 24.9 Å². The fourth-order valence-electron chi connectivity index (χ4n) is 1.73. The van der Waals surface area contributed by atoms with Gasteiger partial charge in [0.2, 0.25) is 10.0 Å². The van der Waals surface area contributed by atoms with Gasteiger partial charge in [-0.2, -0.15) is 5.10 Å². The summed E-state index contributed by atoms with van der Waals surface area (Å²) in [5.74, 6) is -0.629. The molecule has 1 atom stereocenters. The minimum absolute atomic E-state index is 0.0750. The summed E-state index contributed by atoms with van der Waals surface area (Å²) in [6.07, 6.45) is 2.61. The highest BCUT2D eigenvalue weighted by Gasteiger charge is 2.11. The summed E-state index contributed by atoms with van der Waals surface area (Å²) < 4.78 is 38.0. The van der Waals surface area contributed by atoms with E-state index in [0.717, 1.165) is 11.9 Å². The third-order valence-corrected chi connectivity index (χ3v) is 3.22. The second-order valence-electron chi connectivity index (χ2n) is 4.45. The average molecular weight is 298 g/mol. The molecule has 0 saturated heterocycles. The lowest BCUT2D eigenvalue weighted by Gasteiger charge is -2.15. The predicted octanol–water partition coefficient (Wildman–Crippen LogP) is 2.09. The highest BCUT2D eigenvalue weighted by molar-refractivity contribution is 7.92. The van der Waals surface area contributed by atoms with Gasteiger partial charge in [-0.05, 0) is 31.2 Å². The Balaban J connectivity index is 2.19. The van der Waals surface area contributed by atoms with Crippen molar-refractivity contribution in [1.29, 1.82) is 0 Å². The van der Waals surface area contributed by atoms with E-state index in [9.17, 15) is 12.8 Å². The normalized spacial score (nSPS) is 12.9. The van der Waals surface area contributed by atoms with Gasteiger partial charge in [0, 0.05) is 11.9 Å². The molecule has 0 aliphatic carbocycles. The molecule has 8 heteroatoms. The summed E-state index contributed by atoms with van der Waals surface area (Å²) in [6, 6.07) is 5.89. The number of anilines is 2. The van der Waals surface area contributed by atoms with E-state index < -0.39 is 15.8 Å². The van der Waals surface area contributed by atoms with Crippen LogP contribution in [-0.2, 0) is 10.0 Å². The molecule has 0 spiro atoms. The zero-order valence-electron chi connectivity index (χ0n) is 11.0. The van der Waals surface area contributed by atoms with Gasteiger partial charge >= 0.3 is 0 Å². The van der Waals surface area contributed by atoms with Crippen molar-refractivity contribution in [1.82, 2.24) is 10.2 Å². The number of nitrogens with zero attached hydrogens (tertiary/aromatic N) is 1. The number of hydrogen-bond donors (Lipinski definition) is 3. The van der Waals surface area contributed by atoms with E-state index in [2.05, 4.69) is 20.2 Å². The summed E-state index contributed by atoms with van der Waals surface area (Å²) in [4.78, 5) is 0. The van der Waals surface area contributed by atoms with Crippen molar-refractivity contribution in [2.45, 2.75) is 13.0 Å². The van der Waals surface area contributed by atoms with Crippen LogP contribution in [0.25, 0.3) is 0 Å². The van der Waals surface area contributed by atoms with Crippen molar-refractivity contribution in [2.24, 2.45) is 0 Å². The number of H-pyrrole nitrogens is 1. The van der Waals surface area contributed by atoms with Crippen LogP contribution in [0.4, 0.5) is 15.8 Å². The second-order valence-corrected chi connectivity index (χ2v) is 6.20. The molecule has 0 radical (unpaired) electrons. The van der Waals surface area contributed by atoms with E-state index in [0.29, 0.717) is 5.69 Å². The van der Waals surface area contributed by atoms with E-state index in [-0.39, 0.29) is 11.7 Å². The molecule has 2 rings (SSSR count). The molecule has 0 aliphatic rings. The Morgan fingerprint density at radius 2 is 2.10 bits per heavy atom. The summed E-state index contributed by atoms with van der Waals surface area (Å²) in [5.41, 5.74) is 1.38. The zero-order chi connectivity index (χ0) is 14.8. The number of nitrogens with one attached hydrogen (secondary N) is 3. The third kappa shape index (κ3) is 3.70. The Hall–Kier alpha value is -2.09. The molecule has 0 bridgehead atoms. The molecule has 0 fully saturated rings. The lowest BCUT2D eigenvalue weighted by molar-refractivity contribution is 0.603. The van der Waals surface area contributed by atoms with Gasteiger partial charge in [0.15, 0.2) is 0 Å². The first-order valence-electron chi connectivity index (χ1n) is 5.88. The first-order chi connectivity index (χ1) is 9.35. The van der Waals surface area contributed by atoms with Gasteiger partial charge in [-0.25, -0.2) is 12.8 Å². The number of sulfonamides is 1. The first-order valence-corrected chi connectivity index (χ1v) is 7.77. The van der Waals surface area contributed by atoms with E-state index in [1.807, 2.05) is 13.0 Å². The zero-order valence-corrected chi connectivity index (χ0v) is 11.8. The molecule has 0 amide bonds. The third-order valence-electron chi connectivity index (χ3n) is 2.63. The summed E-state index contributed by atoms with van der Waals surface area (Å²) >= 11 is 0. The number of benzene rings is 1. The molecule has 1 heterocycles. The van der Waals surface area contributed by atoms with Crippen molar-refractivity contribution in [2.75, 3.05) is 16.3 Å². The van der Waals surface area contributed by atoms with Crippen molar-refractivity contribution in [3.8, 4) is 0 Å². The number of hydrogen-bond acceptors (Lipinski definition) is 4. The second kappa shape index (κ2) is 5.49. The molecular weight excluding hydrogens is 283 g/mol. The molecule has 1 unspecified atom stereocenters. The standard InChI is InChI=1S/C12H15FN4O2S/c1-8(11-5-6-14-16-11)15-9-3-4-10(13)12(7-9)17-20(2,18)19/h3-8,15,17H,1-2H3,(H,14,16). The maximum absolute atomic E-state index is 13.5. The Kier molecular flexibility index (Phi) is 3.93. The Labute approximate surface area is 116 Å². The van der Waals surface area contributed by atoms with Crippen LogP contribution >= 0.6 is 0 Å². The molecule has 2 aromatic rings. The van der Waals surface area contributed by atoms with E-state index in [1.165, 1.54) is 18.2 Å². The highest BCUT2D eigenvalue weighted by Crippen LogP contribution is 2.23. The van der Waals surface area contributed by atoms with Gasteiger partial charge < -0.3 is 5.32 Å². The average Bonchev–Trinajstić information content (AvgIpc) is 2.85. The highest BCUT2D eigenvalue weighted by atomic mass is 32.2. The molecule has 1 aromatic carbocycles. The molecule has 108 valence electrons. The fourth-order valence-corrected chi connectivity index (χ4v) is 2.28. The van der Waals surface area contributed by atoms with E-state index in [1.54, 1.807) is 6.20 Å². The topological polar surface area (TPSA) is 86.9 Å². The Morgan fingerprint density at radius 3 is 2.70 bits per heavy atom.